The van der Waals surface area contributed by atoms with Crippen molar-refractivity contribution >= 4 is 11.9 Å². The van der Waals surface area contributed by atoms with E-state index < -0.39 is 0 Å². The minimum Gasteiger partial charge on any atom is -0.393 e. The Morgan fingerprint density at radius 2 is 1.18 bits per heavy atom. The molecular formula is C25H44O3. The van der Waals surface area contributed by atoms with Crippen molar-refractivity contribution in [2.45, 2.75) is 129 Å². The van der Waals surface area contributed by atoms with Gasteiger partial charge in [0.25, 0.3) is 0 Å². The molecule has 1 saturated heterocycles. The summed E-state index contributed by atoms with van der Waals surface area (Å²) in [5.74, 6) is -0.902. The topological polar surface area (TPSA) is 43.4 Å². The van der Waals surface area contributed by atoms with E-state index in [1.165, 1.54) is 96.3 Å². The van der Waals surface area contributed by atoms with E-state index in [-0.39, 0.29) is 24.3 Å². The van der Waals surface area contributed by atoms with Crippen molar-refractivity contribution in [1.29, 1.82) is 0 Å². The van der Waals surface area contributed by atoms with Crippen LogP contribution in [-0.2, 0) is 14.3 Å². The number of allylic oxidation sites excluding steroid dienone is 2. The van der Waals surface area contributed by atoms with Crippen LogP contribution in [0.25, 0.3) is 0 Å². The number of carbonyl (C=O) groups excluding carboxylic acids is 2. The fourth-order valence-electron chi connectivity index (χ4n) is 3.91. The smallest absolute Gasteiger partial charge is 0.317 e. The Morgan fingerprint density at radius 3 is 1.64 bits per heavy atom. The average Bonchev–Trinajstić information content (AvgIpc) is 3.00. The van der Waals surface area contributed by atoms with Crippen LogP contribution in [0.3, 0.4) is 0 Å². The van der Waals surface area contributed by atoms with Gasteiger partial charge in [0.2, 0.25) is 0 Å². The molecule has 0 radical (unpaired) electrons. The Morgan fingerprint density at radius 1 is 0.714 bits per heavy atom. The van der Waals surface area contributed by atoms with Gasteiger partial charge < -0.3 is 4.74 Å². The van der Waals surface area contributed by atoms with Crippen molar-refractivity contribution in [3.05, 3.63) is 12.2 Å². The zero-order valence-electron chi connectivity index (χ0n) is 18.4. The average molecular weight is 393 g/mol. The van der Waals surface area contributed by atoms with Gasteiger partial charge in [0.1, 0.15) is 0 Å². The van der Waals surface area contributed by atoms with E-state index >= 15 is 0 Å². The summed E-state index contributed by atoms with van der Waals surface area (Å²) in [6, 6.07) is 0. The van der Waals surface area contributed by atoms with E-state index in [2.05, 4.69) is 23.8 Å². The molecule has 1 rings (SSSR count). The van der Waals surface area contributed by atoms with Crippen molar-refractivity contribution < 1.29 is 14.3 Å². The number of ether oxygens (including phenoxy) is 1. The molecule has 1 unspecified atom stereocenters. The molecule has 0 spiro atoms. The molecule has 1 aliphatic heterocycles. The highest BCUT2D eigenvalue weighted by molar-refractivity contribution is 5.94. The van der Waals surface area contributed by atoms with Crippen LogP contribution in [-0.4, -0.2) is 11.9 Å². The third kappa shape index (κ3) is 14.0. The van der Waals surface area contributed by atoms with Gasteiger partial charge >= 0.3 is 11.9 Å². The van der Waals surface area contributed by atoms with Crippen LogP contribution in [0.4, 0.5) is 0 Å². The Kier molecular flexibility index (Phi) is 16.0. The lowest BCUT2D eigenvalue weighted by Crippen LogP contribution is -2.06. The van der Waals surface area contributed by atoms with E-state index in [9.17, 15) is 9.59 Å². The van der Waals surface area contributed by atoms with Crippen LogP contribution < -0.4 is 0 Å². The molecule has 1 aliphatic rings. The SMILES string of the molecule is CCCCCCCCCCCCCCCCC/C=C/CCC1CC(=O)OC1=O. The quantitative estimate of drug-likeness (QED) is 0.0980. The first kappa shape index (κ1) is 24.9. The highest BCUT2D eigenvalue weighted by Gasteiger charge is 2.32. The molecule has 1 atom stereocenters. The normalized spacial score (nSPS) is 17.0. The van der Waals surface area contributed by atoms with Gasteiger partial charge in [-0.1, -0.05) is 109 Å². The van der Waals surface area contributed by atoms with Crippen molar-refractivity contribution in [3.63, 3.8) is 0 Å². The Hall–Kier alpha value is -1.12. The van der Waals surface area contributed by atoms with Crippen molar-refractivity contribution in [1.82, 2.24) is 0 Å². The summed E-state index contributed by atoms with van der Waals surface area (Å²) >= 11 is 0. The molecule has 28 heavy (non-hydrogen) atoms. The lowest BCUT2D eigenvalue weighted by Gasteiger charge is -2.03. The van der Waals surface area contributed by atoms with Crippen LogP contribution in [0, 0.1) is 5.92 Å². The first-order valence-electron chi connectivity index (χ1n) is 12.1. The van der Waals surface area contributed by atoms with E-state index in [1.807, 2.05) is 0 Å². The van der Waals surface area contributed by atoms with Gasteiger partial charge in [0, 0.05) is 0 Å². The molecule has 162 valence electrons. The highest BCUT2D eigenvalue weighted by Crippen LogP contribution is 2.21. The van der Waals surface area contributed by atoms with Gasteiger partial charge in [-0.3, -0.25) is 9.59 Å². The lowest BCUT2D eigenvalue weighted by atomic mass is 10.0. The standard InChI is InChI=1S/C25H44O3/c1-2-3-4-5-6-7-8-9-10-11-12-13-14-15-16-17-18-19-20-21-23-22-24(26)28-25(23)27/h18-19,23H,2-17,20-22H2,1H3/b19-18+. The van der Waals surface area contributed by atoms with E-state index in [0.717, 1.165) is 19.3 Å². The van der Waals surface area contributed by atoms with Crippen molar-refractivity contribution in [2.75, 3.05) is 0 Å². The first-order chi connectivity index (χ1) is 13.7. The first-order valence-corrected chi connectivity index (χ1v) is 12.1. The molecule has 1 fully saturated rings. The highest BCUT2D eigenvalue weighted by atomic mass is 16.6. The second kappa shape index (κ2) is 17.9. The van der Waals surface area contributed by atoms with E-state index in [0.29, 0.717) is 0 Å². The van der Waals surface area contributed by atoms with E-state index in [4.69, 9.17) is 0 Å². The maximum absolute atomic E-state index is 11.3. The number of hydrogen-bond acceptors (Lipinski definition) is 3. The van der Waals surface area contributed by atoms with Crippen molar-refractivity contribution in [2.24, 2.45) is 5.92 Å². The Balaban J connectivity index is 1.74. The summed E-state index contributed by atoms with van der Waals surface area (Å²) in [7, 11) is 0. The second-order valence-corrected chi connectivity index (χ2v) is 8.48. The monoisotopic (exact) mass is 392 g/mol. The summed E-state index contributed by atoms with van der Waals surface area (Å²) in [5.41, 5.74) is 0. The summed E-state index contributed by atoms with van der Waals surface area (Å²) in [6.07, 6.45) is 28.4. The Bertz CT molecular complexity index is 428. The fourth-order valence-corrected chi connectivity index (χ4v) is 3.91. The zero-order chi connectivity index (χ0) is 20.3. The third-order valence-electron chi connectivity index (χ3n) is 5.78. The van der Waals surface area contributed by atoms with Crippen LogP contribution >= 0.6 is 0 Å². The third-order valence-corrected chi connectivity index (χ3v) is 5.78. The van der Waals surface area contributed by atoms with Crippen LogP contribution in [0.5, 0.6) is 0 Å². The second-order valence-electron chi connectivity index (χ2n) is 8.48. The maximum Gasteiger partial charge on any atom is 0.317 e. The number of hydrogen-bond donors (Lipinski definition) is 0. The predicted molar refractivity (Wildman–Crippen MR) is 117 cm³/mol. The molecule has 0 saturated carbocycles. The van der Waals surface area contributed by atoms with Gasteiger partial charge in [-0.2, -0.15) is 0 Å². The predicted octanol–water partition coefficient (Wildman–Crippen LogP) is 7.67. The minimum atomic E-state index is -0.364. The molecule has 3 heteroatoms. The molecule has 0 aromatic heterocycles. The number of carbonyl (C=O) groups is 2. The summed E-state index contributed by atoms with van der Waals surface area (Å²) < 4.78 is 4.56. The summed E-state index contributed by atoms with van der Waals surface area (Å²) in [6.45, 7) is 2.28. The van der Waals surface area contributed by atoms with Crippen LogP contribution in [0.2, 0.25) is 0 Å². The summed E-state index contributed by atoms with van der Waals surface area (Å²) in [5, 5.41) is 0. The number of rotatable bonds is 19. The van der Waals surface area contributed by atoms with Gasteiger partial charge in [0.15, 0.2) is 0 Å². The number of unbranched alkanes of at least 4 members (excludes halogenated alkanes) is 15. The number of esters is 2. The molecule has 3 nitrogen and oxygen atoms in total. The molecule has 0 bridgehead atoms. The molecule has 0 aromatic carbocycles. The molecule has 0 amide bonds. The molecule has 0 N–H and O–H groups in total. The number of cyclic esters (lactones) is 2. The minimum absolute atomic E-state index is 0.206. The van der Waals surface area contributed by atoms with Crippen LogP contribution in [0.15, 0.2) is 12.2 Å². The molecular weight excluding hydrogens is 348 g/mol. The lowest BCUT2D eigenvalue weighted by molar-refractivity contribution is -0.153. The summed E-state index contributed by atoms with van der Waals surface area (Å²) in [4.78, 5) is 22.3. The maximum atomic E-state index is 11.3. The van der Waals surface area contributed by atoms with Gasteiger partial charge in [0.05, 0.1) is 12.3 Å². The van der Waals surface area contributed by atoms with Crippen LogP contribution in [0.1, 0.15) is 129 Å². The van der Waals surface area contributed by atoms with Gasteiger partial charge in [-0.05, 0) is 25.7 Å². The zero-order valence-corrected chi connectivity index (χ0v) is 18.4. The fraction of sp³-hybridized carbons (Fsp3) is 0.840. The molecule has 1 heterocycles. The van der Waals surface area contributed by atoms with Gasteiger partial charge in [-0.15, -0.1) is 0 Å². The van der Waals surface area contributed by atoms with Crippen molar-refractivity contribution in [3.8, 4) is 0 Å². The van der Waals surface area contributed by atoms with Gasteiger partial charge in [-0.25, -0.2) is 0 Å². The molecule has 0 aromatic rings. The Labute approximate surface area is 173 Å². The molecule has 0 aliphatic carbocycles. The largest absolute Gasteiger partial charge is 0.393 e. The van der Waals surface area contributed by atoms with E-state index in [1.54, 1.807) is 0 Å².